The molecule has 1 aromatic carbocycles. The number of nitrogens with zero attached hydrogens (tertiary/aromatic N) is 2. The fourth-order valence-electron chi connectivity index (χ4n) is 2.67. The number of halogens is 1. The van der Waals surface area contributed by atoms with Crippen molar-refractivity contribution in [3.63, 3.8) is 0 Å². The minimum Gasteiger partial charge on any atom is -0.339 e. The van der Waals surface area contributed by atoms with Crippen molar-refractivity contribution in [1.82, 2.24) is 9.80 Å². The Labute approximate surface area is 130 Å². The molecule has 7 heteroatoms. The van der Waals surface area contributed by atoms with Gasteiger partial charge in [0.15, 0.2) is 0 Å². The van der Waals surface area contributed by atoms with E-state index in [0.717, 1.165) is 11.1 Å². The van der Waals surface area contributed by atoms with Gasteiger partial charge in [-0.15, -0.1) is 3.89 Å². The zero-order valence-electron chi connectivity index (χ0n) is 13.0. The van der Waals surface area contributed by atoms with Gasteiger partial charge in [-0.25, -0.2) is 0 Å². The number of carbonyl (C=O) groups is 1. The topological polar surface area (TPSA) is 57.7 Å². The van der Waals surface area contributed by atoms with Gasteiger partial charge in [-0.05, 0) is 26.6 Å². The summed E-state index contributed by atoms with van der Waals surface area (Å²) in [5.74, 6) is -0.315. The van der Waals surface area contributed by atoms with Crippen molar-refractivity contribution in [3.05, 3.63) is 35.4 Å². The van der Waals surface area contributed by atoms with Crippen LogP contribution in [0.25, 0.3) is 0 Å². The van der Waals surface area contributed by atoms with Crippen molar-refractivity contribution in [2.45, 2.75) is 24.6 Å². The van der Waals surface area contributed by atoms with Gasteiger partial charge >= 0.3 is 10.2 Å². The molecule has 1 aliphatic rings. The summed E-state index contributed by atoms with van der Waals surface area (Å²) in [4.78, 5) is 15.4. The summed E-state index contributed by atoms with van der Waals surface area (Å²) in [5, 5.41) is -1.24. The Morgan fingerprint density at radius 1 is 1.32 bits per heavy atom. The third-order valence-electron chi connectivity index (χ3n) is 4.06. The van der Waals surface area contributed by atoms with Crippen LogP contribution < -0.4 is 0 Å². The molecule has 0 spiro atoms. The maximum Gasteiger partial charge on any atom is 0.307 e. The zero-order chi connectivity index (χ0) is 16.5. The van der Waals surface area contributed by atoms with Gasteiger partial charge in [0.1, 0.15) is 5.25 Å². The van der Waals surface area contributed by atoms with E-state index in [1.54, 1.807) is 0 Å². The quantitative estimate of drug-likeness (QED) is 0.769. The van der Waals surface area contributed by atoms with Crippen molar-refractivity contribution in [3.8, 4) is 0 Å². The molecule has 1 heterocycles. The lowest BCUT2D eigenvalue weighted by atomic mass is 10.0. The van der Waals surface area contributed by atoms with E-state index in [1.807, 2.05) is 50.2 Å². The highest BCUT2D eigenvalue weighted by molar-refractivity contribution is 7.87. The standard InChI is InChI=1S/C15H21FN2O3S/c1-11-4-6-12(7-5-11)14(17(2)3)10-18-9-13(8-15(18)19)22(16,20)21/h4-7,13-14H,8-10H2,1-3H3. The molecular weight excluding hydrogens is 307 g/mol. The lowest BCUT2D eigenvalue weighted by Gasteiger charge is -2.29. The maximum absolute atomic E-state index is 13.1. The largest absolute Gasteiger partial charge is 0.339 e. The van der Waals surface area contributed by atoms with Crippen molar-refractivity contribution >= 4 is 16.1 Å². The van der Waals surface area contributed by atoms with Gasteiger partial charge in [0.05, 0.1) is 6.04 Å². The summed E-state index contributed by atoms with van der Waals surface area (Å²) >= 11 is 0. The van der Waals surface area contributed by atoms with E-state index in [2.05, 4.69) is 0 Å². The predicted molar refractivity (Wildman–Crippen MR) is 82.6 cm³/mol. The first-order valence-electron chi connectivity index (χ1n) is 7.12. The molecule has 0 aromatic heterocycles. The summed E-state index contributed by atoms with van der Waals surface area (Å²) < 4.78 is 35.1. The second kappa shape index (κ2) is 6.34. The number of likely N-dealkylation sites (N-methyl/N-ethyl adjacent to an activating group) is 1. The number of rotatable bonds is 5. The lowest BCUT2D eigenvalue weighted by Crippen LogP contribution is -2.36. The Balaban J connectivity index is 2.15. The minimum atomic E-state index is -4.67. The minimum absolute atomic E-state index is 0.0642. The predicted octanol–water partition coefficient (Wildman–Crippen LogP) is 1.50. The average molecular weight is 328 g/mol. The molecule has 0 saturated carbocycles. The normalized spacial score (nSPS) is 20.7. The molecule has 1 fully saturated rings. The molecule has 122 valence electrons. The second-order valence-corrected chi connectivity index (χ2v) is 7.61. The van der Waals surface area contributed by atoms with Crippen LogP contribution in [-0.4, -0.2) is 56.6 Å². The molecule has 1 saturated heterocycles. The highest BCUT2D eigenvalue weighted by Crippen LogP contribution is 2.25. The Hall–Kier alpha value is -1.47. The van der Waals surface area contributed by atoms with E-state index in [0.29, 0.717) is 6.54 Å². The molecule has 0 N–H and O–H groups in total. The van der Waals surface area contributed by atoms with Crippen LogP contribution in [0.4, 0.5) is 3.89 Å². The molecule has 22 heavy (non-hydrogen) atoms. The highest BCUT2D eigenvalue weighted by atomic mass is 32.3. The van der Waals surface area contributed by atoms with E-state index in [-0.39, 0.29) is 24.9 Å². The first-order chi connectivity index (χ1) is 10.2. The van der Waals surface area contributed by atoms with Gasteiger partial charge in [0.2, 0.25) is 5.91 Å². The van der Waals surface area contributed by atoms with Crippen molar-refractivity contribution in [2.24, 2.45) is 0 Å². The van der Waals surface area contributed by atoms with Crippen LogP contribution in [0, 0.1) is 6.92 Å². The van der Waals surface area contributed by atoms with Crippen LogP contribution in [0.15, 0.2) is 24.3 Å². The molecular formula is C15H21FN2O3S. The van der Waals surface area contributed by atoms with E-state index >= 15 is 0 Å². The molecule has 2 unspecified atom stereocenters. The molecule has 0 bridgehead atoms. The molecule has 1 amide bonds. The fourth-order valence-corrected chi connectivity index (χ4v) is 3.36. The van der Waals surface area contributed by atoms with Crippen LogP contribution >= 0.6 is 0 Å². The van der Waals surface area contributed by atoms with Crippen LogP contribution in [0.3, 0.4) is 0 Å². The molecule has 2 rings (SSSR count). The summed E-state index contributed by atoms with van der Waals surface area (Å²) in [6.45, 7) is 2.27. The third kappa shape index (κ3) is 3.84. The van der Waals surface area contributed by atoms with Gasteiger partial charge in [-0.3, -0.25) is 4.79 Å². The maximum atomic E-state index is 13.1. The number of hydrogen-bond donors (Lipinski definition) is 0. The smallest absolute Gasteiger partial charge is 0.307 e. The Morgan fingerprint density at radius 3 is 2.36 bits per heavy atom. The van der Waals surface area contributed by atoms with E-state index in [4.69, 9.17) is 0 Å². The number of amides is 1. The van der Waals surface area contributed by atoms with E-state index in [1.165, 1.54) is 4.90 Å². The monoisotopic (exact) mass is 328 g/mol. The van der Waals surface area contributed by atoms with Crippen molar-refractivity contribution in [1.29, 1.82) is 0 Å². The summed E-state index contributed by atoms with van der Waals surface area (Å²) in [6.07, 6.45) is -0.271. The molecule has 1 aromatic rings. The Bertz CT molecular complexity index is 643. The van der Waals surface area contributed by atoms with Crippen LogP contribution in [-0.2, 0) is 15.0 Å². The number of hydrogen-bond acceptors (Lipinski definition) is 4. The third-order valence-corrected chi connectivity index (χ3v) is 5.17. The molecule has 0 aliphatic carbocycles. The zero-order valence-corrected chi connectivity index (χ0v) is 13.8. The SMILES string of the molecule is Cc1ccc(C(CN2CC(S(=O)(=O)F)CC2=O)N(C)C)cc1. The number of benzene rings is 1. The van der Waals surface area contributed by atoms with Gasteiger partial charge in [0.25, 0.3) is 0 Å². The number of aryl methyl sites for hydroxylation is 1. The highest BCUT2D eigenvalue weighted by Gasteiger charge is 2.39. The van der Waals surface area contributed by atoms with E-state index in [9.17, 15) is 17.1 Å². The number of likely N-dealkylation sites (tertiary alicyclic amines) is 1. The van der Waals surface area contributed by atoms with Crippen molar-refractivity contribution < 1.29 is 17.1 Å². The lowest BCUT2D eigenvalue weighted by molar-refractivity contribution is -0.128. The molecule has 5 nitrogen and oxygen atoms in total. The van der Waals surface area contributed by atoms with Gasteiger partial charge in [0, 0.05) is 19.5 Å². The first-order valence-corrected chi connectivity index (χ1v) is 8.57. The van der Waals surface area contributed by atoms with Gasteiger partial charge < -0.3 is 9.80 Å². The van der Waals surface area contributed by atoms with Crippen LogP contribution in [0.1, 0.15) is 23.6 Å². The summed E-state index contributed by atoms with van der Waals surface area (Å²) in [7, 11) is -0.876. The van der Waals surface area contributed by atoms with Crippen molar-refractivity contribution in [2.75, 3.05) is 27.2 Å². The fraction of sp³-hybridized carbons (Fsp3) is 0.533. The summed E-state index contributed by atoms with van der Waals surface area (Å²) in [5.41, 5.74) is 2.18. The molecule has 2 atom stereocenters. The first kappa shape index (κ1) is 16.9. The molecule has 0 radical (unpaired) electrons. The number of carbonyl (C=O) groups excluding carboxylic acids is 1. The van der Waals surface area contributed by atoms with Crippen LogP contribution in [0.5, 0.6) is 0 Å². The Morgan fingerprint density at radius 2 is 1.91 bits per heavy atom. The van der Waals surface area contributed by atoms with Crippen LogP contribution in [0.2, 0.25) is 0 Å². The van der Waals surface area contributed by atoms with Gasteiger partial charge in [-0.2, -0.15) is 8.42 Å². The van der Waals surface area contributed by atoms with Gasteiger partial charge in [-0.1, -0.05) is 29.8 Å². The molecule has 1 aliphatic heterocycles. The second-order valence-electron chi connectivity index (χ2n) is 5.99. The average Bonchev–Trinajstić information content (AvgIpc) is 2.78. The summed E-state index contributed by atoms with van der Waals surface area (Å²) in [6, 6.07) is 7.90. The van der Waals surface area contributed by atoms with E-state index < -0.39 is 15.5 Å². The Kier molecular flexibility index (Phi) is 4.87.